The van der Waals surface area contributed by atoms with Crippen molar-refractivity contribution in [3.8, 4) is 0 Å². The van der Waals surface area contributed by atoms with Crippen LogP contribution in [0.2, 0.25) is 0 Å². The lowest BCUT2D eigenvalue weighted by atomic mass is 9.68. The van der Waals surface area contributed by atoms with Gasteiger partial charge in [-0.2, -0.15) is 0 Å². The lowest BCUT2D eigenvalue weighted by molar-refractivity contribution is -0.162. The average molecular weight is 775 g/mol. The van der Waals surface area contributed by atoms with Gasteiger partial charge in [-0.05, 0) is 24.0 Å². The topological polar surface area (TPSA) is 147 Å². The third kappa shape index (κ3) is 23.7. The van der Waals surface area contributed by atoms with E-state index in [1.165, 1.54) is 140 Å². The summed E-state index contributed by atoms with van der Waals surface area (Å²) in [7, 11) is 0. The van der Waals surface area contributed by atoms with Gasteiger partial charge >= 0.3 is 23.9 Å². The van der Waals surface area contributed by atoms with Gasteiger partial charge in [0.25, 0.3) is 0 Å². The first kappa shape index (κ1) is 50.1. The number of aliphatic hydroxyl groups excluding tert-OH is 1. The Hall–Kier alpha value is -2.94. The van der Waals surface area contributed by atoms with Crippen LogP contribution in [0.4, 0.5) is 0 Å². The highest BCUT2D eigenvalue weighted by Crippen LogP contribution is 2.38. The zero-order valence-electron chi connectivity index (χ0n) is 34.8. The standard InChI is InChI=1S/C46H78O9/c1-3-5-7-9-11-13-15-17-19-21-23-25-27-29-43(50)54-37-41(46(45(52)53,35-42(48)49)40-33-31-39(36-47)32-34-40)38-55-44(51)30-28-26-24-22-20-18-16-14-12-10-8-6-4-2/h31-34,41,47H,3-30,35-38H2,1-2H3,(H,48,49)(H,52,53). The lowest BCUT2D eigenvalue weighted by Crippen LogP contribution is -2.49. The highest BCUT2D eigenvalue weighted by Gasteiger charge is 2.50. The van der Waals surface area contributed by atoms with Crippen LogP contribution in [0.1, 0.15) is 211 Å². The van der Waals surface area contributed by atoms with Crippen LogP contribution < -0.4 is 0 Å². The minimum Gasteiger partial charge on any atom is -0.481 e. The summed E-state index contributed by atoms with van der Waals surface area (Å²) in [6.45, 7) is 3.38. The van der Waals surface area contributed by atoms with Crippen LogP contribution >= 0.6 is 0 Å². The molecule has 1 aromatic carbocycles. The quantitative estimate of drug-likeness (QED) is 0.0441. The van der Waals surface area contributed by atoms with Crippen molar-refractivity contribution in [2.75, 3.05) is 13.2 Å². The lowest BCUT2D eigenvalue weighted by Gasteiger charge is -2.36. The van der Waals surface area contributed by atoms with E-state index in [1.54, 1.807) is 0 Å². The van der Waals surface area contributed by atoms with Crippen LogP contribution in [0.15, 0.2) is 24.3 Å². The fraction of sp³-hybridized carbons (Fsp3) is 0.783. The Morgan fingerprint density at radius 2 is 0.855 bits per heavy atom. The van der Waals surface area contributed by atoms with Crippen LogP contribution in [-0.2, 0) is 40.7 Å². The summed E-state index contributed by atoms with van der Waals surface area (Å²) in [5, 5.41) is 30.1. The SMILES string of the molecule is CCCCCCCCCCCCCCCC(=O)OCC(COC(=O)CCCCCCCCCCCCCCC)C(CC(=O)O)(C(=O)O)c1ccc(CO)cc1. The van der Waals surface area contributed by atoms with E-state index in [9.17, 15) is 34.5 Å². The van der Waals surface area contributed by atoms with Crippen molar-refractivity contribution in [1.82, 2.24) is 0 Å². The molecule has 1 atom stereocenters. The molecule has 9 heteroatoms. The van der Waals surface area contributed by atoms with Crippen molar-refractivity contribution in [2.24, 2.45) is 5.92 Å². The van der Waals surface area contributed by atoms with Gasteiger partial charge in [-0.3, -0.25) is 19.2 Å². The van der Waals surface area contributed by atoms with Gasteiger partial charge in [0, 0.05) is 18.8 Å². The molecule has 0 saturated carbocycles. The molecule has 0 heterocycles. The monoisotopic (exact) mass is 775 g/mol. The maximum atomic E-state index is 13.1. The largest absolute Gasteiger partial charge is 0.481 e. The summed E-state index contributed by atoms with van der Waals surface area (Å²) in [4.78, 5) is 51.0. The van der Waals surface area contributed by atoms with Crippen LogP contribution in [0, 0.1) is 5.92 Å². The Kier molecular flexibility index (Phi) is 30.3. The molecule has 0 aromatic heterocycles. The Balaban J connectivity index is 2.68. The van der Waals surface area contributed by atoms with Crippen molar-refractivity contribution in [3.63, 3.8) is 0 Å². The fourth-order valence-electron chi connectivity index (χ4n) is 7.44. The molecule has 0 fully saturated rings. The van der Waals surface area contributed by atoms with Crippen molar-refractivity contribution in [2.45, 2.75) is 212 Å². The van der Waals surface area contributed by atoms with E-state index in [0.717, 1.165) is 38.5 Å². The minimum atomic E-state index is -2.05. The number of hydrogen-bond donors (Lipinski definition) is 3. The van der Waals surface area contributed by atoms with E-state index < -0.39 is 54.8 Å². The number of carbonyl (C=O) groups excluding carboxylic acids is 2. The second-order valence-corrected chi connectivity index (χ2v) is 15.8. The van der Waals surface area contributed by atoms with Crippen molar-refractivity contribution in [3.05, 3.63) is 35.4 Å². The highest BCUT2D eigenvalue weighted by molar-refractivity contribution is 5.87. The van der Waals surface area contributed by atoms with Crippen LogP contribution in [0.5, 0.6) is 0 Å². The smallest absolute Gasteiger partial charge is 0.315 e. The summed E-state index contributed by atoms with van der Waals surface area (Å²) in [5.41, 5.74) is -1.35. The normalized spacial score (nSPS) is 12.4. The molecule has 0 aliphatic rings. The molecule has 1 unspecified atom stereocenters. The van der Waals surface area contributed by atoms with Gasteiger partial charge in [0.2, 0.25) is 0 Å². The maximum absolute atomic E-state index is 13.1. The van der Waals surface area contributed by atoms with Gasteiger partial charge < -0.3 is 24.8 Å². The third-order valence-corrected chi connectivity index (χ3v) is 11.0. The minimum absolute atomic E-state index is 0.171. The van der Waals surface area contributed by atoms with E-state index in [-0.39, 0.29) is 25.0 Å². The van der Waals surface area contributed by atoms with E-state index in [2.05, 4.69) is 13.8 Å². The number of hydrogen-bond acceptors (Lipinski definition) is 7. The Bertz CT molecular complexity index is 1090. The van der Waals surface area contributed by atoms with Gasteiger partial charge in [0.05, 0.1) is 26.2 Å². The van der Waals surface area contributed by atoms with Crippen molar-refractivity contribution >= 4 is 23.9 Å². The summed E-state index contributed by atoms with van der Waals surface area (Å²) >= 11 is 0. The average Bonchev–Trinajstić information content (AvgIpc) is 3.17. The summed E-state index contributed by atoms with van der Waals surface area (Å²) in [6, 6.07) is 6.02. The maximum Gasteiger partial charge on any atom is 0.315 e. The van der Waals surface area contributed by atoms with Crippen molar-refractivity contribution < 1.29 is 44.0 Å². The molecule has 316 valence electrons. The molecule has 0 saturated heterocycles. The summed E-state index contributed by atoms with van der Waals surface area (Å²) < 4.78 is 11.2. The van der Waals surface area contributed by atoms with E-state index >= 15 is 0 Å². The zero-order valence-corrected chi connectivity index (χ0v) is 34.8. The number of carbonyl (C=O) groups is 4. The fourth-order valence-corrected chi connectivity index (χ4v) is 7.44. The number of aliphatic hydroxyl groups is 1. The number of ether oxygens (including phenoxy) is 2. The van der Waals surface area contributed by atoms with Gasteiger partial charge in [-0.1, -0.05) is 192 Å². The molecule has 9 nitrogen and oxygen atoms in total. The first-order chi connectivity index (χ1) is 26.7. The van der Waals surface area contributed by atoms with Gasteiger partial charge in [-0.15, -0.1) is 0 Å². The highest BCUT2D eigenvalue weighted by atomic mass is 16.5. The predicted molar refractivity (Wildman–Crippen MR) is 220 cm³/mol. The molecule has 0 bridgehead atoms. The van der Waals surface area contributed by atoms with E-state index in [1.807, 2.05) is 0 Å². The first-order valence-corrected chi connectivity index (χ1v) is 22.2. The van der Waals surface area contributed by atoms with Gasteiger partial charge in [-0.25, -0.2) is 0 Å². The number of carboxylic acids is 2. The first-order valence-electron chi connectivity index (χ1n) is 22.2. The molecule has 0 amide bonds. The van der Waals surface area contributed by atoms with Crippen LogP contribution in [0.25, 0.3) is 0 Å². The Morgan fingerprint density at radius 1 is 0.527 bits per heavy atom. The Morgan fingerprint density at radius 3 is 1.15 bits per heavy atom. The number of carboxylic acid groups (broad SMARTS) is 2. The third-order valence-electron chi connectivity index (χ3n) is 11.0. The van der Waals surface area contributed by atoms with Crippen LogP contribution in [-0.4, -0.2) is 52.4 Å². The summed E-state index contributed by atoms with van der Waals surface area (Å²) in [5.74, 6) is -4.91. The second kappa shape index (κ2) is 33.2. The molecular formula is C46H78O9. The second-order valence-electron chi connectivity index (χ2n) is 15.8. The number of unbranched alkanes of at least 4 members (excludes halogenated alkanes) is 24. The molecule has 55 heavy (non-hydrogen) atoms. The summed E-state index contributed by atoms with van der Waals surface area (Å²) in [6.07, 6.45) is 30.2. The molecule has 0 aliphatic heterocycles. The molecular weight excluding hydrogens is 696 g/mol. The molecule has 1 aromatic rings. The van der Waals surface area contributed by atoms with Crippen LogP contribution in [0.3, 0.4) is 0 Å². The molecule has 1 rings (SSSR count). The predicted octanol–water partition coefficient (Wildman–Crippen LogP) is 11.6. The van der Waals surface area contributed by atoms with E-state index in [4.69, 9.17) is 9.47 Å². The van der Waals surface area contributed by atoms with Crippen molar-refractivity contribution in [1.29, 1.82) is 0 Å². The zero-order chi connectivity index (χ0) is 40.4. The number of rotatable bonds is 38. The number of benzene rings is 1. The number of aliphatic carboxylic acids is 2. The molecule has 3 N–H and O–H groups in total. The molecule has 0 radical (unpaired) electrons. The van der Waals surface area contributed by atoms with Gasteiger partial charge in [0.1, 0.15) is 5.41 Å². The number of esters is 2. The van der Waals surface area contributed by atoms with Gasteiger partial charge in [0.15, 0.2) is 0 Å². The molecule has 0 aliphatic carbocycles. The van der Waals surface area contributed by atoms with E-state index in [0.29, 0.717) is 18.4 Å². The molecule has 0 spiro atoms. The Labute approximate surface area is 333 Å².